The van der Waals surface area contributed by atoms with Crippen LogP contribution in [0.1, 0.15) is 18.5 Å². The number of fused-ring (bicyclic) bond motifs is 1. The zero-order valence-electron chi connectivity index (χ0n) is 9.91. The van der Waals surface area contributed by atoms with E-state index in [1.165, 1.54) is 0 Å². The normalized spacial score (nSPS) is 22.8. The Hall–Kier alpha value is -2.16. The van der Waals surface area contributed by atoms with Gasteiger partial charge in [-0.05, 0) is 12.5 Å². The molecule has 0 saturated carbocycles. The van der Waals surface area contributed by atoms with Crippen molar-refractivity contribution in [1.82, 2.24) is 14.9 Å². The molecule has 0 spiro atoms. The Balaban J connectivity index is 1.78. The molecule has 0 radical (unpaired) electrons. The number of amides is 1. The molecule has 1 aromatic heterocycles. The molecule has 0 aliphatic carbocycles. The first kappa shape index (κ1) is 11.0. The van der Waals surface area contributed by atoms with Gasteiger partial charge in [-0.25, -0.2) is 9.97 Å². The Morgan fingerprint density at radius 1 is 1.44 bits per heavy atom. The molecule has 3 heterocycles. The highest BCUT2D eigenvalue weighted by molar-refractivity contribution is 5.79. The van der Waals surface area contributed by atoms with Gasteiger partial charge in [0.25, 0.3) is 0 Å². The number of hydrogen-bond acceptors (Lipinski definition) is 5. The van der Waals surface area contributed by atoms with Gasteiger partial charge in [-0.2, -0.15) is 5.26 Å². The largest absolute Gasteiger partial charge is 0.337 e. The number of piperazine rings is 1. The summed E-state index contributed by atoms with van der Waals surface area (Å²) in [6, 6.07) is 3.89. The fraction of sp³-hybridized carbons (Fsp3) is 0.500. The number of anilines is 1. The predicted molar refractivity (Wildman–Crippen MR) is 63.7 cm³/mol. The second kappa shape index (κ2) is 4.26. The number of carbonyl (C=O) groups is 1. The summed E-state index contributed by atoms with van der Waals surface area (Å²) >= 11 is 0. The van der Waals surface area contributed by atoms with Crippen molar-refractivity contribution in [2.45, 2.75) is 18.9 Å². The van der Waals surface area contributed by atoms with Crippen molar-refractivity contribution in [2.75, 3.05) is 24.5 Å². The fourth-order valence-electron chi connectivity index (χ4n) is 2.61. The lowest BCUT2D eigenvalue weighted by Gasteiger charge is -2.37. The molecule has 0 N–H and O–H groups in total. The van der Waals surface area contributed by atoms with E-state index in [2.05, 4.69) is 14.9 Å². The van der Waals surface area contributed by atoms with E-state index in [9.17, 15) is 4.79 Å². The van der Waals surface area contributed by atoms with Gasteiger partial charge < -0.3 is 9.80 Å². The molecule has 0 aromatic carbocycles. The third-order valence-corrected chi connectivity index (χ3v) is 3.53. The minimum atomic E-state index is 0.256. The van der Waals surface area contributed by atoms with Crippen LogP contribution >= 0.6 is 0 Å². The Kier molecular flexibility index (Phi) is 2.59. The van der Waals surface area contributed by atoms with Gasteiger partial charge in [-0.1, -0.05) is 0 Å². The highest BCUT2D eigenvalue weighted by Gasteiger charge is 2.36. The molecule has 2 fully saturated rings. The standard InChI is InChI=1S/C12H13N5O/c13-7-9-3-4-14-12(15-9)16-5-6-17-10(8-16)1-2-11(17)18/h3-4,10H,1-2,5-6,8H2. The number of aromatic nitrogens is 2. The first-order valence-electron chi connectivity index (χ1n) is 6.05. The average Bonchev–Trinajstić information content (AvgIpc) is 2.80. The summed E-state index contributed by atoms with van der Waals surface area (Å²) in [5.41, 5.74) is 0.380. The topological polar surface area (TPSA) is 73.1 Å². The van der Waals surface area contributed by atoms with Crippen LogP contribution in [-0.4, -0.2) is 46.5 Å². The van der Waals surface area contributed by atoms with E-state index in [1.54, 1.807) is 12.3 Å². The monoisotopic (exact) mass is 243 g/mol. The van der Waals surface area contributed by atoms with Crippen LogP contribution < -0.4 is 4.90 Å². The van der Waals surface area contributed by atoms with E-state index in [0.717, 1.165) is 26.1 Å². The van der Waals surface area contributed by atoms with E-state index >= 15 is 0 Å². The first-order chi connectivity index (χ1) is 8.78. The van der Waals surface area contributed by atoms with Crippen molar-refractivity contribution in [3.8, 4) is 6.07 Å². The molecular formula is C12H13N5O. The van der Waals surface area contributed by atoms with Gasteiger partial charge in [0.1, 0.15) is 11.8 Å². The molecule has 2 saturated heterocycles. The Morgan fingerprint density at radius 3 is 3.17 bits per heavy atom. The zero-order valence-corrected chi connectivity index (χ0v) is 9.91. The van der Waals surface area contributed by atoms with Gasteiger partial charge in [0, 0.05) is 38.3 Å². The van der Waals surface area contributed by atoms with Crippen molar-refractivity contribution < 1.29 is 4.79 Å². The van der Waals surface area contributed by atoms with Crippen LogP contribution in [0.3, 0.4) is 0 Å². The Morgan fingerprint density at radius 2 is 2.33 bits per heavy atom. The number of carbonyl (C=O) groups excluding carboxylic acids is 1. The van der Waals surface area contributed by atoms with Crippen LogP contribution in [0.2, 0.25) is 0 Å². The van der Waals surface area contributed by atoms with E-state index in [-0.39, 0.29) is 11.9 Å². The molecule has 1 unspecified atom stereocenters. The van der Waals surface area contributed by atoms with Crippen molar-refractivity contribution >= 4 is 11.9 Å². The Labute approximate surface area is 105 Å². The average molecular weight is 243 g/mol. The van der Waals surface area contributed by atoms with E-state index in [1.807, 2.05) is 11.0 Å². The van der Waals surface area contributed by atoms with Gasteiger partial charge in [-0.15, -0.1) is 0 Å². The summed E-state index contributed by atoms with van der Waals surface area (Å²) in [6.45, 7) is 2.22. The summed E-state index contributed by atoms with van der Waals surface area (Å²) in [6.07, 6.45) is 3.16. The van der Waals surface area contributed by atoms with Crippen LogP contribution in [0.5, 0.6) is 0 Å². The second-order valence-electron chi connectivity index (χ2n) is 4.58. The van der Waals surface area contributed by atoms with Gasteiger partial charge in [0.2, 0.25) is 11.9 Å². The highest BCUT2D eigenvalue weighted by atomic mass is 16.2. The van der Waals surface area contributed by atoms with Crippen LogP contribution in [-0.2, 0) is 4.79 Å². The lowest BCUT2D eigenvalue weighted by molar-refractivity contribution is -0.129. The number of nitrogens with zero attached hydrogens (tertiary/aromatic N) is 5. The zero-order chi connectivity index (χ0) is 12.5. The quantitative estimate of drug-likeness (QED) is 0.702. The highest BCUT2D eigenvalue weighted by Crippen LogP contribution is 2.24. The molecule has 18 heavy (non-hydrogen) atoms. The predicted octanol–water partition coefficient (Wildman–Crippen LogP) is 0.159. The summed E-state index contributed by atoms with van der Waals surface area (Å²) in [5.74, 6) is 0.847. The molecule has 2 aliphatic rings. The molecule has 1 amide bonds. The van der Waals surface area contributed by atoms with E-state index in [4.69, 9.17) is 5.26 Å². The van der Waals surface area contributed by atoms with Crippen molar-refractivity contribution in [2.24, 2.45) is 0 Å². The molecule has 3 rings (SSSR count). The molecule has 6 nitrogen and oxygen atoms in total. The van der Waals surface area contributed by atoms with Crippen molar-refractivity contribution in [3.05, 3.63) is 18.0 Å². The maximum absolute atomic E-state index is 11.6. The summed E-state index contributed by atoms with van der Waals surface area (Å²) in [5, 5.41) is 8.83. The van der Waals surface area contributed by atoms with Crippen LogP contribution in [0.15, 0.2) is 12.3 Å². The summed E-state index contributed by atoms with van der Waals surface area (Å²) < 4.78 is 0. The SMILES string of the molecule is N#Cc1ccnc(N2CCN3C(=O)CCC3C2)n1. The van der Waals surface area contributed by atoms with E-state index in [0.29, 0.717) is 18.1 Å². The smallest absolute Gasteiger partial charge is 0.226 e. The van der Waals surface area contributed by atoms with Crippen LogP contribution in [0, 0.1) is 11.3 Å². The molecule has 92 valence electrons. The molecule has 2 aliphatic heterocycles. The molecule has 0 bridgehead atoms. The van der Waals surface area contributed by atoms with Crippen LogP contribution in [0.25, 0.3) is 0 Å². The van der Waals surface area contributed by atoms with Crippen molar-refractivity contribution in [3.63, 3.8) is 0 Å². The maximum Gasteiger partial charge on any atom is 0.226 e. The van der Waals surface area contributed by atoms with Gasteiger partial charge >= 0.3 is 0 Å². The minimum Gasteiger partial charge on any atom is -0.337 e. The first-order valence-corrected chi connectivity index (χ1v) is 6.05. The lowest BCUT2D eigenvalue weighted by atomic mass is 10.2. The Bertz CT molecular complexity index is 523. The fourth-order valence-corrected chi connectivity index (χ4v) is 2.61. The summed E-state index contributed by atoms with van der Waals surface area (Å²) in [4.78, 5) is 24.0. The van der Waals surface area contributed by atoms with Crippen LogP contribution in [0.4, 0.5) is 5.95 Å². The number of rotatable bonds is 1. The lowest BCUT2D eigenvalue weighted by Crippen LogP contribution is -2.52. The maximum atomic E-state index is 11.6. The minimum absolute atomic E-state index is 0.256. The molecular weight excluding hydrogens is 230 g/mol. The second-order valence-corrected chi connectivity index (χ2v) is 4.58. The molecule has 6 heteroatoms. The van der Waals surface area contributed by atoms with Gasteiger partial charge in [0.15, 0.2) is 0 Å². The van der Waals surface area contributed by atoms with Gasteiger partial charge in [0.05, 0.1) is 0 Å². The third-order valence-electron chi connectivity index (χ3n) is 3.53. The number of hydrogen-bond donors (Lipinski definition) is 0. The molecule has 1 atom stereocenters. The number of nitriles is 1. The van der Waals surface area contributed by atoms with Gasteiger partial charge in [-0.3, -0.25) is 4.79 Å². The van der Waals surface area contributed by atoms with E-state index < -0.39 is 0 Å². The third kappa shape index (κ3) is 1.78. The molecule has 1 aromatic rings. The summed E-state index contributed by atoms with van der Waals surface area (Å²) in [7, 11) is 0. The van der Waals surface area contributed by atoms with Crippen molar-refractivity contribution in [1.29, 1.82) is 5.26 Å².